The number of ether oxygens (including phenoxy) is 2. The molecule has 39 heavy (non-hydrogen) atoms. The highest BCUT2D eigenvalue weighted by Gasteiger charge is 2.25. The predicted octanol–water partition coefficient (Wildman–Crippen LogP) is 7.74. The van der Waals surface area contributed by atoms with E-state index in [1.54, 1.807) is 24.3 Å². The molecule has 4 nitrogen and oxygen atoms in total. The molecule has 0 amide bonds. The number of halogens is 1. The Morgan fingerprint density at radius 3 is 2.31 bits per heavy atom. The zero-order valence-electron chi connectivity index (χ0n) is 23.0. The van der Waals surface area contributed by atoms with Crippen LogP contribution in [0.4, 0.5) is 4.39 Å². The van der Waals surface area contributed by atoms with Gasteiger partial charge in [0.1, 0.15) is 17.3 Å². The monoisotopic (exact) mass is 530 g/mol. The Morgan fingerprint density at radius 1 is 0.923 bits per heavy atom. The summed E-state index contributed by atoms with van der Waals surface area (Å²) in [5, 5.41) is 0. The lowest BCUT2D eigenvalue weighted by Gasteiger charge is -2.26. The summed E-state index contributed by atoms with van der Waals surface area (Å²) >= 11 is 0. The quantitative estimate of drug-likeness (QED) is 0.238. The van der Waals surface area contributed by atoms with Gasteiger partial charge in [0, 0.05) is 12.3 Å². The fourth-order valence-corrected chi connectivity index (χ4v) is 5.59. The number of benzene rings is 3. The number of rotatable bonds is 11. The minimum Gasteiger partial charge on any atom is -0.494 e. The molecule has 0 aliphatic heterocycles. The van der Waals surface area contributed by atoms with Crippen LogP contribution in [0, 0.1) is 17.7 Å². The van der Waals surface area contributed by atoms with Gasteiger partial charge in [-0.15, -0.1) is 0 Å². The van der Waals surface area contributed by atoms with Crippen LogP contribution in [0.15, 0.2) is 72.8 Å². The zero-order chi connectivity index (χ0) is 27.6. The molecule has 0 bridgehead atoms. The molecule has 0 aromatic heterocycles. The second kappa shape index (κ2) is 14.1. The number of methoxy groups -OCH3 is 1. The van der Waals surface area contributed by atoms with Crippen LogP contribution >= 0.6 is 0 Å². The van der Waals surface area contributed by atoms with Gasteiger partial charge in [-0.05, 0) is 110 Å². The largest absolute Gasteiger partial charge is 0.494 e. The van der Waals surface area contributed by atoms with E-state index in [-0.39, 0.29) is 17.7 Å². The summed E-state index contributed by atoms with van der Waals surface area (Å²) in [5.74, 6) is 1.25. The van der Waals surface area contributed by atoms with Crippen molar-refractivity contribution in [3.8, 4) is 5.75 Å². The molecular formula is C34H39FO4. The van der Waals surface area contributed by atoms with Crippen molar-refractivity contribution in [3.63, 3.8) is 0 Å². The summed E-state index contributed by atoms with van der Waals surface area (Å²) in [6, 6.07) is 22.2. The molecule has 1 aliphatic rings. The van der Waals surface area contributed by atoms with Crippen LogP contribution in [0.25, 0.3) is 0 Å². The van der Waals surface area contributed by atoms with Crippen LogP contribution in [0.2, 0.25) is 0 Å². The summed E-state index contributed by atoms with van der Waals surface area (Å²) in [6.45, 7) is 2.75. The van der Waals surface area contributed by atoms with Gasteiger partial charge in [0.2, 0.25) is 0 Å². The van der Waals surface area contributed by atoms with Gasteiger partial charge in [0.05, 0.1) is 19.3 Å². The highest BCUT2D eigenvalue weighted by Crippen LogP contribution is 2.31. The Hall–Kier alpha value is -3.47. The molecule has 0 spiro atoms. The Kier molecular flexibility index (Phi) is 10.3. The van der Waals surface area contributed by atoms with E-state index in [1.807, 2.05) is 12.1 Å². The van der Waals surface area contributed by atoms with E-state index in [4.69, 9.17) is 9.47 Å². The molecule has 1 aliphatic carbocycles. The minimum absolute atomic E-state index is 0.0432. The number of hydrogen-bond acceptors (Lipinski definition) is 4. The summed E-state index contributed by atoms with van der Waals surface area (Å²) in [6.07, 6.45) is 6.99. The van der Waals surface area contributed by atoms with Crippen LogP contribution in [0.1, 0.15) is 78.4 Å². The Labute approximate surface area is 231 Å². The number of carbonyl (C=O) groups is 2. The maximum absolute atomic E-state index is 13.4. The van der Waals surface area contributed by atoms with E-state index in [0.29, 0.717) is 42.0 Å². The van der Waals surface area contributed by atoms with Crippen LogP contribution < -0.4 is 4.74 Å². The number of esters is 1. The molecule has 4 rings (SSSR count). The number of carbonyl (C=O) groups excluding carboxylic acids is 2. The van der Waals surface area contributed by atoms with Gasteiger partial charge in [0.25, 0.3) is 0 Å². The maximum atomic E-state index is 13.4. The lowest BCUT2D eigenvalue weighted by atomic mass is 9.78. The van der Waals surface area contributed by atoms with Crippen LogP contribution in [0.5, 0.6) is 5.75 Å². The zero-order valence-corrected chi connectivity index (χ0v) is 23.0. The van der Waals surface area contributed by atoms with Crippen molar-refractivity contribution in [1.29, 1.82) is 0 Å². The van der Waals surface area contributed by atoms with Crippen LogP contribution in [0.3, 0.4) is 0 Å². The molecule has 0 saturated carbocycles. The van der Waals surface area contributed by atoms with Crippen molar-refractivity contribution in [2.75, 3.05) is 13.7 Å². The van der Waals surface area contributed by atoms with E-state index < -0.39 is 0 Å². The first-order valence-electron chi connectivity index (χ1n) is 14.1. The van der Waals surface area contributed by atoms with Crippen molar-refractivity contribution >= 4 is 11.8 Å². The highest BCUT2D eigenvalue weighted by molar-refractivity contribution is 5.89. The second-order valence-electron chi connectivity index (χ2n) is 10.8. The van der Waals surface area contributed by atoms with Crippen molar-refractivity contribution in [2.24, 2.45) is 11.8 Å². The topological polar surface area (TPSA) is 52.6 Å². The Balaban J connectivity index is 1.30. The Bertz CT molecular complexity index is 1220. The Morgan fingerprint density at radius 2 is 1.62 bits per heavy atom. The molecular weight excluding hydrogens is 491 g/mol. The van der Waals surface area contributed by atoms with Gasteiger partial charge in [-0.3, -0.25) is 4.79 Å². The highest BCUT2D eigenvalue weighted by atomic mass is 19.1. The van der Waals surface area contributed by atoms with E-state index >= 15 is 0 Å². The molecule has 3 aromatic rings. The fourth-order valence-electron chi connectivity index (χ4n) is 5.59. The van der Waals surface area contributed by atoms with Gasteiger partial charge in [0.15, 0.2) is 0 Å². The number of Topliss-reactive ketones (excluding diaryl/α,β-unsaturated/α-hetero) is 1. The summed E-state index contributed by atoms with van der Waals surface area (Å²) in [5.41, 5.74) is 4.35. The fraction of sp³-hybridized carbons (Fsp3) is 0.412. The number of hydrogen-bond donors (Lipinski definition) is 0. The first-order chi connectivity index (χ1) is 18.9. The van der Waals surface area contributed by atoms with Crippen LogP contribution in [-0.2, 0) is 22.4 Å². The van der Waals surface area contributed by atoms with E-state index in [0.717, 1.165) is 44.9 Å². The molecule has 0 N–H and O–H groups in total. The summed E-state index contributed by atoms with van der Waals surface area (Å²) in [4.78, 5) is 25.0. The standard InChI is InChI=1S/C34H39FO4/c1-24(26-12-14-27(15-13-26)34(37)38-2)6-5-9-33(36)30-11-10-25(22-28-7-3-4-8-29(28)23-30)20-21-39-32-18-16-31(35)17-19-32/h3-4,7-8,12-19,24-25,30H,5-6,9-11,20-23H2,1-2H3/t24-,25?,30-/m1/s1. The molecule has 0 radical (unpaired) electrons. The molecule has 206 valence electrons. The molecule has 3 aromatic carbocycles. The molecule has 0 saturated heterocycles. The van der Waals surface area contributed by atoms with Gasteiger partial charge in [-0.25, -0.2) is 9.18 Å². The van der Waals surface area contributed by atoms with E-state index in [1.165, 1.54) is 35.9 Å². The number of fused-ring (bicyclic) bond motifs is 1. The minimum atomic E-state index is -0.330. The van der Waals surface area contributed by atoms with Gasteiger partial charge < -0.3 is 9.47 Å². The van der Waals surface area contributed by atoms with E-state index in [9.17, 15) is 14.0 Å². The molecule has 0 heterocycles. The molecule has 5 heteroatoms. The smallest absolute Gasteiger partial charge is 0.337 e. The van der Waals surface area contributed by atoms with Crippen molar-refractivity contribution in [1.82, 2.24) is 0 Å². The second-order valence-corrected chi connectivity index (χ2v) is 10.8. The van der Waals surface area contributed by atoms with Gasteiger partial charge in [-0.1, -0.05) is 43.3 Å². The lowest BCUT2D eigenvalue weighted by Crippen LogP contribution is -2.23. The third kappa shape index (κ3) is 8.26. The van der Waals surface area contributed by atoms with Gasteiger partial charge in [-0.2, -0.15) is 0 Å². The normalized spacial score (nSPS) is 17.8. The number of ketones is 1. The third-order valence-electron chi connectivity index (χ3n) is 8.04. The predicted molar refractivity (Wildman–Crippen MR) is 152 cm³/mol. The van der Waals surface area contributed by atoms with Crippen molar-refractivity contribution in [3.05, 3.63) is 101 Å². The summed E-state index contributed by atoms with van der Waals surface area (Å²) < 4.78 is 23.8. The maximum Gasteiger partial charge on any atom is 0.337 e. The van der Waals surface area contributed by atoms with E-state index in [2.05, 4.69) is 31.2 Å². The average Bonchev–Trinajstić information content (AvgIpc) is 2.94. The summed E-state index contributed by atoms with van der Waals surface area (Å²) in [7, 11) is 1.38. The molecule has 0 fully saturated rings. The molecule has 1 unspecified atom stereocenters. The first-order valence-corrected chi connectivity index (χ1v) is 14.1. The first kappa shape index (κ1) is 28.5. The average molecular weight is 531 g/mol. The van der Waals surface area contributed by atoms with Crippen molar-refractivity contribution in [2.45, 2.75) is 64.2 Å². The lowest BCUT2D eigenvalue weighted by molar-refractivity contribution is -0.123. The van der Waals surface area contributed by atoms with Crippen molar-refractivity contribution < 1.29 is 23.5 Å². The van der Waals surface area contributed by atoms with Crippen LogP contribution in [-0.4, -0.2) is 25.5 Å². The molecule has 3 atom stereocenters. The van der Waals surface area contributed by atoms with Gasteiger partial charge >= 0.3 is 5.97 Å². The SMILES string of the molecule is COC(=O)c1ccc([C@H](C)CCCC(=O)[C@@H]2CCC(CCOc3ccc(F)cc3)Cc3ccccc3C2)cc1. The third-order valence-corrected chi connectivity index (χ3v) is 8.04.